The molecule has 16 heavy (non-hydrogen) atoms. The van der Waals surface area contributed by atoms with Crippen molar-refractivity contribution in [3.63, 3.8) is 0 Å². The summed E-state index contributed by atoms with van der Waals surface area (Å²) >= 11 is 1.73. The van der Waals surface area contributed by atoms with Crippen molar-refractivity contribution in [1.82, 2.24) is 0 Å². The van der Waals surface area contributed by atoms with Crippen molar-refractivity contribution < 1.29 is 0 Å². The molecule has 0 spiro atoms. The van der Waals surface area contributed by atoms with Gasteiger partial charge in [-0.05, 0) is 44.7 Å². The summed E-state index contributed by atoms with van der Waals surface area (Å²) in [5, 5.41) is 12.2. The lowest BCUT2D eigenvalue weighted by molar-refractivity contribution is 0.466. The van der Waals surface area contributed by atoms with E-state index in [0.29, 0.717) is 0 Å². The molecule has 0 aromatic heterocycles. The Bertz CT molecular complexity index is 380. The average Bonchev–Trinajstić information content (AvgIpc) is 2.29. The van der Waals surface area contributed by atoms with Crippen molar-refractivity contribution in [1.29, 1.82) is 5.26 Å². The van der Waals surface area contributed by atoms with Gasteiger partial charge in [0.25, 0.3) is 0 Å². The van der Waals surface area contributed by atoms with Crippen LogP contribution in [0.15, 0.2) is 29.2 Å². The molecule has 0 fully saturated rings. The van der Waals surface area contributed by atoms with Crippen molar-refractivity contribution in [3.05, 3.63) is 24.3 Å². The van der Waals surface area contributed by atoms with Gasteiger partial charge in [-0.3, -0.25) is 0 Å². The lowest BCUT2D eigenvalue weighted by Crippen LogP contribution is -2.14. The maximum Gasteiger partial charge on any atom is 0.0684 e. The second-order valence-corrected chi connectivity index (χ2v) is 5.28. The molecule has 0 saturated carbocycles. The third kappa shape index (κ3) is 4.16. The fraction of sp³-hybridized carbons (Fsp3) is 0.462. The van der Waals surface area contributed by atoms with E-state index in [0.717, 1.165) is 18.7 Å². The van der Waals surface area contributed by atoms with Crippen LogP contribution in [0.1, 0.15) is 20.3 Å². The Hall–Kier alpha value is -1.14. The van der Waals surface area contributed by atoms with E-state index in [1.165, 1.54) is 4.90 Å². The van der Waals surface area contributed by atoms with Gasteiger partial charge in [0.15, 0.2) is 0 Å². The van der Waals surface area contributed by atoms with Gasteiger partial charge in [-0.25, -0.2) is 0 Å². The van der Waals surface area contributed by atoms with Gasteiger partial charge in [-0.15, -0.1) is 11.8 Å². The average molecular weight is 234 g/mol. The molecule has 0 aliphatic carbocycles. The van der Waals surface area contributed by atoms with E-state index in [-0.39, 0.29) is 5.41 Å². The number of rotatable bonds is 5. The number of nitrogens with zero attached hydrogens (tertiary/aromatic N) is 1. The minimum Gasteiger partial charge on any atom is -0.385 e. The minimum atomic E-state index is -0.246. The first-order valence-corrected chi connectivity index (χ1v) is 6.59. The summed E-state index contributed by atoms with van der Waals surface area (Å²) in [6, 6.07) is 10.6. The third-order valence-electron chi connectivity index (χ3n) is 2.45. The summed E-state index contributed by atoms with van der Waals surface area (Å²) in [5.74, 6) is 0. The molecule has 1 aromatic carbocycles. The van der Waals surface area contributed by atoms with Crippen LogP contribution in [0.3, 0.4) is 0 Å². The van der Waals surface area contributed by atoms with Gasteiger partial charge in [-0.2, -0.15) is 5.26 Å². The van der Waals surface area contributed by atoms with Crippen molar-refractivity contribution in [2.45, 2.75) is 25.2 Å². The highest BCUT2D eigenvalue weighted by Gasteiger charge is 2.15. The third-order valence-corrected chi connectivity index (χ3v) is 3.18. The molecule has 0 amide bonds. The molecule has 0 aliphatic heterocycles. The summed E-state index contributed by atoms with van der Waals surface area (Å²) < 4.78 is 0. The normalized spacial score (nSPS) is 10.9. The van der Waals surface area contributed by atoms with Crippen molar-refractivity contribution in [2.24, 2.45) is 5.41 Å². The smallest absolute Gasteiger partial charge is 0.0684 e. The monoisotopic (exact) mass is 234 g/mol. The first-order chi connectivity index (χ1) is 7.57. The highest BCUT2D eigenvalue weighted by atomic mass is 32.2. The molecule has 1 aromatic rings. The molecule has 2 nitrogen and oxygen atoms in total. The lowest BCUT2D eigenvalue weighted by Gasteiger charge is -2.15. The SMILES string of the molecule is CSc1cccc(NCCC(C)(C)C#N)c1. The van der Waals surface area contributed by atoms with Crippen LogP contribution in [0.2, 0.25) is 0 Å². The van der Waals surface area contributed by atoms with Crippen LogP contribution >= 0.6 is 11.8 Å². The van der Waals surface area contributed by atoms with Crippen molar-refractivity contribution in [2.75, 3.05) is 18.1 Å². The molecule has 3 heteroatoms. The van der Waals surface area contributed by atoms with Gasteiger partial charge >= 0.3 is 0 Å². The molecule has 0 heterocycles. The minimum absolute atomic E-state index is 0.246. The first kappa shape index (κ1) is 12.9. The van der Waals surface area contributed by atoms with Crippen LogP contribution in [0.4, 0.5) is 5.69 Å². The van der Waals surface area contributed by atoms with Gasteiger partial charge < -0.3 is 5.32 Å². The number of benzene rings is 1. The van der Waals surface area contributed by atoms with Crippen molar-refractivity contribution in [3.8, 4) is 6.07 Å². The highest BCUT2D eigenvalue weighted by molar-refractivity contribution is 7.98. The summed E-state index contributed by atoms with van der Waals surface area (Å²) in [5.41, 5.74) is 0.880. The Morgan fingerprint density at radius 1 is 1.44 bits per heavy atom. The van der Waals surface area contributed by atoms with Gasteiger partial charge in [0.2, 0.25) is 0 Å². The highest BCUT2D eigenvalue weighted by Crippen LogP contribution is 2.21. The quantitative estimate of drug-likeness (QED) is 0.788. The maximum atomic E-state index is 8.89. The fourth-order valence-electron chi connectivity index (χ4n) is 1.31. The lowest BCUT2D eigenvalue weighted by atomic mass is 9.91. The largest absolute Gasteiger partial charge is 0.385 e. The zero-order valence-corrected chi connectivity index (χ0v) is 10.9. The Morgan fingerprint density at radius 2 is 2.19 bits per heavy atom. The second kappa shape index (κ2) is 5.81. The van der Waals surface area contributed by atoms with Crippen LogP contribution in [0, 0.1) is 16.7 Å². The molecule has 0 saturated heterocycles. The Morgan fingerprint density at radius 3 is 2.81 bits per heavy atom. The fourth-order valence-corrected chi connectivity index (χ4v) is 1.77. The zero-order valence-electron chi connectivity index (χ0n) is 10.1. The molecule has 0 radical (unpaired) electrons. The molecule has 0 bridgehead atoms. The van der Waals surface area contributed by atoms with Gasteiger partial charge in [0.05, 0.1) is 11.5 Å². The molecular weight excluding hydrogens is 216 g/mol. The Kier molecular flexibility index (Phi) is 4.70. The van der Waals surface area contributed by atoms with E-state index in [2.05, 4.69) is 35.8 Å². The number of nitrogens with one attached hydrogen (secondary N) is 1. The Balaban J connectivity index is 2.46. The van der Waals surface area contributed by atoms with Crippen LogP contribution in [-0.2, 0) is 0 Å². The number of hydrogen-bond donors (Lipinski definition) is 1. The number of thioether (sulfide) groups is 1. The summed E-state index contributed by atoms with van der Waals surface area (Å²) in [6.07, 6.45) is 2.92. The number of anilines is 1. The molecule has 0 aliphatic rings. The maximum absolute atomic E-state index is 8.89. The number of nitriles is 1. The molecule has 86 valence electrons. The topological polar surface area (TPSA) is 35.8 Å². The van der Waals surface area contributed by atoms with Crippen LogP contribution in [-0.4, -0.2) is 12.8 Å². The summed E-state index contributed by atoms with van der Waals surface area (Å²) in [6.45, 7) is 4.76. The summed E-state index contributed by atoms with van der Waals surface area (Å²) in [4.78, 5) is 1.25. The molecule has 0 atom stereocenters. The van der Waals surface area contributed by atoms with E-state index in [9.17, 15) is 0 Å². The van der Waals surface area contributed by atoms with Gasteiger partial charge in [-0.1, -0.05) is 6.07 Å². The first-order valence-electron chi connectivity index (χ1n) is 5.36. The molecule has 1 N–H and O–H groups in total. The molecular formula is C13H18N2S. The van der Waals surface area contributed by atoms with E-state index in [1.54, 1.807) is 11.8 Å². The van der Waals surface area contributed by atoms with Gasteiger partial charge in [0.1, 0.15) is 0 Å². The van der Waals surface area contributed by atoms with E-state index < -0.39 is 0 Å². The van der Waals surface area contributed by atoms with Crippen LogP contribution < -0.4 is 5.32 Å². The zero-order chi connectivity index (χ0) is 12.0. The van der Waals surface area contributed by atoms with Crippen molar-refractivity contribution >= 4 is 17.4 Å². The predicted molar refractivity (Wildman–Crippen MR) is 70.7 cm³/mol. The summed E-state index contributed by atoms with van der Waals surface area (Å²) in [7, 11) is 0. The molecule has 1 rings (SSSR count). The van der Waals surface area contributed by atoms with E-state index >= 15 is 0 Å². The van der Waals surface area contributed by atoms with E-state index in [4.69, 9.17) is 5.26 Å². The standard InChI is InChI=1S/C13H18N2S/c1-13(2,10-14)7-8-15-11-5-4-6-12(9-11)16-3/h4-6,9,15H,7-8H2,1-3H3. The van der Waals surface area contributed by atoms with Gasteiger partial charge in [0, 0.05) is 17.1 Å². The molecule has 0 unspecified atom stereocenters. The second-order valence-electron chi connectivity index (χ2n) is 4.40. The van der Waals surface area contributed by atoms with E-state index in [1.807, 2.05) is 19.9 Å². The predicted octanol–water partition coefficient (Wildman–Crippen LogP) is 3.76. The van der Waals surface area contributed by atoms with Crippen LogP contribution in [0.5, 0.6) is 0 Å². The number of hydrogen-bond acceptors (Lipinski definition) is 3. The Labute approximate surface area is 102 Å². The van der Waals surface area contributed by atoms with Crippen LogP contribution in [0.25, 0.3) is 0 Å².